The molecule has 0 radical (unpaired) electrons. The summed E-state index contributed by atoms with van der Waals surface area (Å²) in [5.74, 6) is 0. The second kappa shape index (κ2) is 5.90. The molecule has 0 aliphatic carbocycles. The van der Waals surface area contributed by atoms with Crippen molar-refractivity contribution in [2.24, 2.45) is 5.73 Å². The summed E-state index contributed by atoms with van der Waals surface area (Å²) >= 11 is -2.18. The smallest absolute Gasteiger partial charge is 0.259 e. The van der Waals surface area contributed by atoms with Crippen LogP contribution in [-0.2, 0) is 24.4 Å². The van der Waals surface area contributed by atoms with Crippen molar-refractivity contribution in [2.75, 3.05) is 4.72 Å². The third-order valence-corrected chi connectivity index (χ3v) is 2.39. The molecular formula is C9H13FN2O3S. The number of hydrogen-bond acceptors (Lipinski definition) is 3. The molecule has 2 atom stereocenters. The molecule has 0 saturated heterocycles. The van der Waals surface area contributed by atoms with Gasteiger partial charge in [0.1, 0.15) is 12.9 Å². The molecule has 0 amide bonds. The van der Waals surface area contributed by atoms with Gasteiger partial charge in [-0.25, -0.2) is 8.60 Å². The lowest BCUT2D eigenvalue weighted by Crippen LogP contribution is -2.22. The number of hydrogen-bond donors (Lipinski definition) is 4. The molecule has 0 saturated carbocycles. The summed E-state index contributed by atoms with van der Waals surface area (Å²) in [6.45, 7) is -0.676. The second-order valence-electron chi connectivity index (χ2n) is 3.24. The predicted octanol–water partition coefficient (Wildman–Crippen LogP) is 0.524. The first-order valence-corrected chi connectivity index (χ1v) is 5.62. The van der Waals surface area contributed by atoms with Gasteiger partial charge < -0.3 is 10.8 Å². The fraction of sp³-hybridized carbons (Fsp3) is 0.333. The summed E-state index contributed by atoms with van der Waals surface area (Å²) in [5.41, 5.74) is 6.48. The van der Waals surface area contributed by atoms with E-state index in [9.17, 15) is 8.60 Å². The van der Waals surface area contributed by atoms with Crippen molar-refractivity contribution in [3.63, 3.8) is 0 Å². The molecule has 5 nitrogen and oxygen atoms in total. The van der Waals surface area contributed by atoms with Crippen molar-refractivity contribution < 1.29 is 18.3 Å². The molecule has 5 N–H and O–H groups in total. The highest BCUT2D eigenvalue weighted by Gasteiger charge is 2.07. The Bertz CT molecular complexity index is 387. The summed E-state index contributed by atoms with van der Waals surface area (Å²) in [6, 6.07) is 4.45. The van der Waals surface area contributed by atoms with E-state index in [4.69, 9.17) is 15.4 Å². The fourth-order valence-corrected chi connectivity index (χ4v) is 1.66. The Balaban J connectivity index is 2.96. The Morgan fingerprint density at radius 2 is 2.19 bits per heavy atom. The number of aliphatic hydroxyl groups is 1. The molecule has 2 unspecified atom stereocenters. The van der Waals surface area contributed by atoms with Crippen molar-refractivity contribution in [1.82, 2.24) is 0 Å². The number of alkyl halides is 1. The SMILES string of the molecule is NC(O)Cc1cc(NS(=O)O)ccc1CF. The quantitative estimate of drug-likeness (QED) is 0.451. The zero-order chi connectivity index (χ0) is 12.1. The van der Waals surface area contributed by atoms with Crippen LogP contribution in [0.1, 0.15) is 11.1 Å². The summed E-state index contributed by atoms with van der Waals surface area (Å²) in [5, 5.41) is 9.02. The molecule has 16 heavy (non-hydrogen) atoms. The summed E-state index contributed by atoms with van der Waals surface area (Å²) < 4.78 is 34.0. The van der Waals surface area contributed by atoms with Crippen LogP contribution in [0.2, 0.25) is 0 Å². The van der Waals surface area contributed by atoms with Crippen LogP contribution in [0.4, 0.5) is 10.1 Å². The number of aliphatic hydroxyl groups excluding tert-OH is 1. The zero-order valence-corrected chi connectivity index (χ0v) is 9.21. The van der Waals surface area contributed by atoms with E-state index in [1.54, 1.807) is 0 Å². The van der Waals surface area contributed by atoms with Gasteiger partial charge in [0.2, 0.25) is 0 Å². The van der Waals surface area contributed by atoms with Crippen LogP contribution in [-0.4, -0.2) is 20.1 Å². The first-order chi connectivity index (χ1) is 7.52. The number of halogens is 1. The highest BCUT2D eigenvalue weighted by atomic mass is 32.2. The van der Waals surface area contributed by atoms with E-state index in [0.29, 0.717) is 16.8 Å². The molecule has 0 bridgehead atoms. The number of benzene rings is 1. The normalized spacial score (nSPS) is 14.5. The van der Waals surface area contributed by atoms with E-state index in [1.807, 2.05) is 0 Å². The first kappa shape index (κ1) is 13.0. The predicted molar refractivity (Wildman–Crippen MR) is 59.5 cm³/mol. The maximum Gasteiger partial charge on any atom is 0.259 e. The van der Waals surface area contributed by atoms with Gasteiger partial charge in [-0.15, -0.1) is 0 Å². The molecule has 0 fully saturated rings. The van der Waals surface area contributed by atoms with Crippen LogP contribution in [0.3, 0.4) is 0 Å². The van der Waals surface area contributed by atoms with Crippen molar-refractivity contribution in [3.8, 4) is 0 Å². The third-order valence-electron chi connectivity index (χ3n) is 1.98. The van der Waals surface area contributed by atoms with E-state index < -0.39 is 24.2 Å². The number of nitrogens with two attached hydrogens (primary N) is 1. The average molecular weight is 248 g/mol. The van der Waals surface area contributed by atoms with Gasteiger partial charge in [-0.3, -0.25) is 9.27 Å². The number of rotatable bonds is 5. The molecule has 7 heteroatoms. The lowest BCUT2D eigenvalue weighted by Gasteiger charge is -2.11. The maximum absolute atomic E-state index is 12.6. The van der Waals surface area contributed by atoms with Crippen molar-refractivity contribution in [2.45, 2.75) is 19.3 Å². The monoisotopic (exact) mass is 248 g/mol. The topological polar surface area (TPSA) is 95.6 Å². The van der Waals surface area contributed by atoms with Gasteiger partial charge in [0.15, 0.2) is 0 Å². The first-order valence-electron chi connectivity index (χ1n) is 4.52. The van der Waals surface area contributed by atoms with E-state index in [1.165, 1.54) is 18.2 Å². The van der Waals surface area contributed by atoms with Crippen LogP contribution >= 0.6 is 0 Å². The Hall–Kier alpha value is -1.02. The van der Waals surface area contributed by atoms with Crippen molar-refractivity contribution in [1.29, 1.82) is 0 Å². The van der Waals surface area contributed by atoms with E-state index in [-0.39, 0.29) is 6.42 Å². The molecule has 0 aromatic heterocycles. The molecule has 1 aromatic rings. The van der Waals surface area contributed by atoms with Gasteiger partial charge in [0, 0.05) is 12.1 Å². The minimum absolute atomic E-state index is 0.0901. The average Bonchev–Trinajstić information content (AvgIpc) is 2.16. The van der Waals surface area contributed by atoms with Gasteiger partial charge in [-0.05, 0) is 23.3 Å². The largest absolute Gasteiger partial charge is 0.378 e. The minimum Gasteiger partial charge on any atom is -0.378 e. The van der Waals surface area contributed by atoms with Gasteiger partial charge in [0.25, 0.3) is 11.3 Å². The van der Waals surface area contributed by atoms with Crippen molar-refractivity contribution in [3.05, 3.63) is 29.3 Å². The lowest BCUT2D eigenvalue weighted by molar-refractivity contribution is 0.182. The Kier molecular flexibility index (Phi) is 4.81. The molecule has 0 heterocycles. The second-order valence-corrected chi connectivity index (χ2v) is 3.94. The van der Waals surface area contributed by atoms with Crippen LogP contribution < -0.4 is 10.5 Å². The highest BCUT2D eigenvalue weighted by molar-refractivity contribution is 7.80. The van der Waals surface area contributed by atoms with E-state index in [0.717, 1.165) is 0 Å². The third kappa shape index (κ3) is 3.86. The van der Waals surface area contributed by atoms with Gasteiger partial charge >= 0.3 is 0 Å². The molecular weight excluding hydrogens is 235 g/mol. The summed E-state index contributed by atoms with van der Waals surface area (Å²) in [4.78, 5) is 0. The van der Waals surface area contributed by atoms with Crippen LogP contribution in [0.25, 0.3) is 0 Å². The van der Waals surface area contributed by atoms with Crippen LogP contribution in [0.15, 0.2) is 18.2 Å². The van der Waals surface area contributed by atoms with Crippen molar-refractivity contribution >= 4 is 17.0 Å². The van der Waals surface area contributed by atoms with E-state index >= 15 is 0 Å². The number of anilines is 1. The standard InChI is InChI=1S/C9H13FN2O3S/c10-5-6-1-2-8(12-16(14)15)3-7(6)4-9(11)13/h1-3,9,12-13H,4-5,11H2,(H,14,15). The fourth-order valence-electron chi connectivity index (χ4n) is 1.34. The molecule has 0 spiro atoms. The Morgan fingerprint density at radius 1 is 1.50 bits per heavy atom. The molecule has 1 aromatic carbocycles. The highest BCUT2D eigenvalue weighted by Crippen LogP contribution is 2.18. The Labute approximate surface area is 94.9 Å². The molecule has 0 aliphatic heterocycles. The van der Waals surface area contributed by atoms with Gasteiger partial charge in [-0.1, -0.05) is 6.07 Å². The van der Waals surface area contributed by atoms with Crippen LogP contribution in [0.5, 0.6) is 0 Å². The summed E-state index contributed by atoms with van der Waals surface area (Å²) in [7, 11) is 0. The van der Waals surface area contributed by atoms with Gasteiger partial charge in [-0.2, -0.15) is 0 Å². The molecule has 90 valence electrons. The van der Waals surface area contributed by atoms with Crippen LogP contribution in [0, 0.1) is 0 Å². The maximum atomic E-state index is 12.6. The Morgan fingerprint density at radius 3 is 2.69 bits per heavy atom. The number of nitrogens with one attached hydrogen (secondary N) is 1. The lowest BCUT2D eigenvalue weighted by atomic mass is 10.0. The summed E-state index contributed by atoms with van der Waals surface area (Å²) in [6.07, 6.45) is -0.993. The van der Waals surface area contributed by atoms with E-state index in [2.05, 4.69) is 4.72 Å². The molecule has 0 aliphatic rings. The minimum atomic E-state index is -2.18. The molecule has 1 rings (SSSR count). The van der Waals surface area contributed by atoms with Gasteiger partial charge in [0.05, 0.1) is 0 Å². The zero-order valence-electron chi connectivity index (χ0n) is 8.39.